The Labute approximate surface area is 84.8 Å². The Hall–Kier alpha value is -1.68. The highest BCUT2D eigenvalue weighted by Gasteiger charge is 2.14. The van der Waals surface area contributed by atoms with E-state index in [0.717, 1.165) is 0 Å². The lowest BCUT2D eigenvalue weighted by Gasteiger charge is -2.05. The zero-order valence-electron chi connectivity index (χ0n) is 6.99. The van der Waals surface area contributed by atoms with Crippen LogP contribution in [-0.2, 0) is 4.79 Å². The topological polar surface area (TPSA) is 70.1 Å². The van der Waals surface area contributed by atoms with Crippen molar-refractivity contribution in [2.24, 2.45) is 0 Å². The molecule has 5 heteroatoms. The molecule has 1 heterocycles. The largest absolute Gasteiger partial charge is 0.545 e. The molecule has 4 nitrogen and oxygen atoms in total. The maximum atomic E-state index is 11.4. The maximum absolute atomic E-state index is 11.4. The monoisotopic (exact) mass is 210 g/mol. The van der Waals surface area contributed by atoms with Crippen molar-refractivity contribution < 1.29 is 14.7 Å². The second-order valence-corrected chi connectivity index (χ2v) is 2.79. The molecule has 0 amide bonds. The fourth-order valence-electron chi connectivity index (χ4n) is 0.811. The number of carbonyl (C=O) groups is 2. The first-order valence-electron chi connectivity index (χ1n) is 3.59. The van der Waals surface area contributed by atoms with Crippen molar-refractivity contribution in [2.75, 3.05) is 0 Å². The van der Waals surface area contributed by atoms with E-state index >= 15 is 0 Å². The van der Waals surface area contributed by atoms with Gasteiger partial charge < -0.3 is 9.90 Å². The molecule has 1 rings (SSSR count). The van der Waals surface area contributed by atoms with Gasteiger partial charge in [0.15, 0.2) is 5.78 Å². The second kappa shape index (κ2) is 4.02. The van der Waals surface area contributed by atoms with Gasteiger partial charge in [0.05, 0.1) is 11.5 Å². The number of carbonyl (C=O) groups excluding carboxylic acids is 2. The van der Waals surface area contributed by atoms with E-state index in [1.165, 1.54) is 18.3 Å². The standard InChI is InChI=1S/C9H6ClNO3/c1-5(9(13)14)7(12)6-3-2-4-11-8(6)10/h2-4H,1H2,(H,13,14)/p-1. The number of ketones is 1. The molecule has 0 atom stereocenters. The Morgan fingerprint density at radius 3 is 2.64 bits per heavy atom. The van der Waals surface area contributed by atoms with Gasteiger partial charge in [-0.05, 0) is 12.1 Å². The van der Waals surface area contributed by atoms with Crippen LogP contribution in [0.25, 0.3) is 0 Å². The van der Waals surface area contributed by atoms with E-state index in [9.17, 15) is 14.7 Å². The molecule has 0 bridgehead atoms. The van der Waals surface area contributed by atoms with E-state index in [4.69, 9.17) is 11.6 Å². The summed E-state index contributed by atoms with van der Waals surface area (Å²) in [7, 11) is 0. The Bertz CT molecular complexity index is 414. The van der Waals surface area contributed by atoms with Crippen molar-refractivity contribution >= 4 is 23.4 Å². The Morgan fingerprint density at radius 2 is 2.14 bits per heavy atom. The van der Waals surface area contributed by atoms with Crippen molar-refractivity contribution in [1.82, 2.24) is 4.98 Å². The van der Waals surface area contributed by atoms with Crippen molar-refractivity contribution in [3.63, 3.8) is 0 Å². The molecule has 1 aromatic heterocycles. The van der Waals surface area contributed by atoms with E-state index in [-0.39, 0.29) is 10.7 Å². The number of halogens is 1. The molecule has 14 heavy (non-hydrogen) atoms. The lowest BCUT2D eigenvalue weighted by Crippen LogP contribution is -2.28. The highest BCUT2D eigenvalue weighted by molar-refractivity contribution is 6.35. The van der Waals surface area contributed by atoms with Crippen LogP contribution in [0.3, 0.4) is 0 Å². The number of hydrogen-bond acceptors (Lipinski definition) is 4. The van der Waals surface area contributed by atoms with Gasteiger partial charge in [0, 0.05) is 11.8 Å². The molecule has 0 aliphatic rings. The Balaban J connectivity index is 3.08. The number of hydrogen-bond donors (Lipinski definition) is 0. The van der Waals surface area contributed by atoms with Crippen LogP contribution in [0.5, 0.6) is 0 Å². The highest BCUT2D eigenvalue weighted by atomic mass is 35.5. The summed E-state index contributed by atoms with van der Waals surface area (Å²) in [4.78, 5) is 25.3. The van der Waals surface area contributed by atoms with E-state index < -0.39 is 17.3 Å². The molecule has 0 N–H and O–H groups in total. The van der Waals surface area contributed by atoms with Crippen LogP contribution in [0, 0.1) is 0 Å². The van der Waals surface area contributed by atoms with Gasteiger partial charge in [-0.3, -0.25) is 4.79 Å². The van der Waals surface area contributed by atoms with Crippen LogP contribution in [0.1, 0.15) is 10.4 Å². The molecule has 0 spiro atoms. The number of carboxylic acids is 1. The van der Waals surface area contributed by atoms with Gasteiger partial charge in [0.1, 0.15) is 5.15 Å². The average molecular weight is 211 g/mol. The summed E-state index contributed by atoms with van der Waals surface area (Å²) in [6, 6.07) is 2.84. The maximum Gasteiger partial charge on any atom is 0.197 e. The van der Waals surface area contributed by atoms with E-state index in [1.54, 1.807) is 0 Å². The fourth-order valence-corrected chi connectivity index (χ4v) is 1.02. The quantitative estimate of drug-likeness (QED) is 0.235. The molecule has 0 radical (unpaired) electrons. The molecule has 0 unspecified atom stereocenters. The van der Waals surface area contributed by atoms with Crippen molar-refractivity contribution in [3.8, 4) is 0 Å². The summed E-state index contributed by atoms with van der Waals surface area (Å²) in [5.74, 6) is -2.40. The van der Waals surface area contributed by atoms with Gasteiger partial charge in [-0.15, -0.1) is 0 Å². The summed E-state index contributed by atoms with van der Waals surface area (Å²) in [6.07, 6.45) is 1.39. The normalized spacial score (nSPS) is 9.50. The molecular weight excluding hydrogens is 206 g/mol. The highest BCUT2D eigenvalue weighted by Crippen LogP contribution is 2.14. The number of nitrogens with zero attached hydrogens (tertiary/aromatic N) is 1. The Kier molecular flexibility index (Phi) is 2.99. The summed E-state index contributed by atoms with van der Waals surface area (Å²) in [5, 5.41) is 10.3. The molecule has 0 fully saturated rings. The number of aliphatic carboxylic acids is 1. The lowest BCUT2D eigenvalue weighted by molar-refractivity contribution is -0.298. The number of aromatic nitrogens is 1. The zero-order valence-corrected chi connectivity index (χ0v) is 7.75. The van der Waals surface area contributed by atoms with E-state index in [2.05, 4.69) is 11.6 Å². The van der Waals surface area contributed by atoms with Gasteiger partial charge >= 0.3 is 0 Å². The molecule has 0 aliphatic heterocycles. The molecule has 72 valence electrons. The third kappa shape index (κ3) is 1.97. The molecule has 0 saturated heterocycles. The minimum Gasteiger partial charge on any atom is -0.545 e. The first-order chi connectivity index (χ1) is 6.54. The average Bonchev–Trinajstić information content (AvgIpc) is 2.16. The SMILES string of the molecule is C=C(C(=O)[O-])C(=O)c1cccnc1Cl. The minimum atomic E-state index is -1.62. The third-order valence-corrected chi connectivity index (χ3v) is 1.83. The van der Waals surface area contributed by atoms with Crippen molar-refractivity contribution in [3.05, 3.63) is 41.2 Å². The smallest absolute Gasteiger partial charge is 0.197 e. The van der Waals surface area contributed by atoms with Crippen molar-refractivity contribution in [1.29, 1.82) is 0 Å². The zero-order chi connectivity index (χ0) is 10.7. The lowest BCUT2D eigenvalue weighted by atomic mass is 10.1. The number of carboxylic acid groups (broad SMARTS) is 1. The van der Waals surface area contributed by atoms with Gasteiger partial charge in [-0.2, -0.15) is 0 Å². The molecule has 0 saturated carbocycles. The van der Waals surface area contributed by atoms with Gasteiger partial charge in [-0.25, -0.2) is 4.98 Å². The first-order valence-corrected chi connectivity index (χ1v) is 3.97. The first kappa shape index (κ1) is 10.4. The summed E-state index contributed by atoms with van der Waals surface area (Å²) in [6.45, 7) is 3.07. The molecule has 0 aromatic carbocycles. The van der Waals surface area contributed by atoms with Crippen LogP contribution >= 0.6 is 11.6 Å². The molecular formula is C9H5ClNO3-. The predicted octanol–water partition coefficient (Wildman–Crippen LogP) is 0.224. The molecule has 1 aromatic rings. The fraction of sp³-hybridized carbons (Fsp3) is 0. The van der Waals surface area contributed by atoms with Crippen LogP contribution in [0.15, 0.2) is 30.5 Å². The number of rotatable bonds is 3. The minimum absolute atomic E-state index is 0.00312. The summed E-state index contributed by atoms with van der Waals surface area (Å²) in [5.41, 5.74) is -0.636. The van der Waals surface area contributed by atoms with Gasteiger partial charge in [0.2, 0.25) is 0 Å². The van der Waals surface area contributed by atoms with E-state index in [1.807, 2.05) is 0 Å². The van der Waals surface area contributed by atoms with Gasteiger partial charge in [-0.1, -0.05) is 18.2 Å². The van der Waals surface area contributed by atoms with Gasteiger partial charge in [0.25, 0.3) is 0 Å². The Morgan fingerprint density at radius 1 is 1.50 bits per heavy atom. The number of Topliss-reactive ketones (excluding diaryl/α,β-unsaturated/α-hetero) is 1. The number of pyridine rings is 1. The predicted molar refractivity (Wildman–Crippen MR) is 47.7 cm³/mol. The summed E-state index contributed by atoms with van der Waals surface area (Å²) >= 11 is 5.58. The third-order valence-electron chi connectivity index (χ3n) is 1.52. The van der Waals surface area contributed by atoms with Crippen LogP contribution in [0.2, 0.25) is 5.15 Å². The second-order valence-electron chi connectivity index (χ2n) is 2.44. The van der Waals surface area contributed by atoms with E-state index in [0.29, 0.717) is 0 Å². The van der Waals surface area contributed by atoms with Crippen LogP contribution < -0.4 is 5.11 Å². The van der Waals surface area contributed by atoms with Crippen LogP contribution in [-0.4, -0.2) is 16.7 Å². The molecule has 0 aliphatic carbocycles. The van der Waals surface area contributed by atoms with Crippen molar-refractivity contribution in [2.45, 2.75) is 0 Å². The van der Waals surface area contributed by atoms with Crippen LogP contribution in [0.4, 0.5) is 0 Å². The summed E-state index contributed by atoms with van der Waals surface area (Å²) < 4.78 is 0.